The maximum Gasteiger partial charge on any atom is 0.461 e. The number of para-hydroxylation sites is 1. The van der Waals surface area contributed by atoms with Gasteiger partial charge >= 0.3 is 12.5 Å². The van der Waals surface area contributed by atoms with Gasteiger partial charge in [-0.15, -0.1) is 0 Å². The normalized spacial score (nSPS) is 11.4. The van der Waals surface area contributed by atoms with Crippen LogP contribution in [0.4, 0.5) is 23.2 Å². The number of Topliss-reactive ketones (excluding diaryl/α,β-unsaturated/α-hetero) is 1. The summed E-state index contributed by atoms with van der Waals surface area (Å²) in [6.07, 6.45) is -8.57. The van der Waals surface area contributed by atoms with Crippen LogP contribution in [-0.2, 0) is 0 Å². The number of hydrogen-bond donors (Lipinski definition) is 1. The van der Waals surface area contributed by atoms with Crippen LogP contribution >= 0.6 is 15.9 Å². The van der Waals surface area contributed by atoms with Crippen molar-refractivity contribution in [3.63, 3.8) is 0 Å². The van der Waals surface area contributed by atoms with Crippen molar-refractivity contribution in [2.24, 2.45) is 0 Å². The van der Waals surface area contributed by atoms with Crippen LogP contribution in [0.2, 0.25) is 0 Å². The standard InChI is InChI=1S/C16H12BrF4NO3/c17-11-2-1-3-12(22)14(11)24-8-13(23)9-4-6-10(7-5-9)25-16(20,21)15(18)19/h1-7,15H,8,22H2. The number of halogens is 5. The third-order valence-electron chi connectivity index (χ3n) is 3.03. The Labute approximate surface area is 148 Å². The van der Waals surface area contributed by atoms with Gasteiger partial charge in [0.05, 0.1) is 10.2 Å². The van der Waals surface area contributed by atoms with Crippen molar-refractivity contribution in [2.75, 3.05) is 12.3 Å². The summed E-state index contributed by atoms with van der Waals surface area (Å²) in [7, 11) is 0. The van der Waals surface area contributed by atoms with Gasteiger partial charge in [0.15, 0.2) is 18.1 Å². The van der Waals surface area contributed by atoms with Crippen LogP contribution < -0.4 is 15.2 Å². The van der Waals surface area contributed by atoms with Gasteiger partial charge in [0, 0.05) is 5.56 Å². The molecule has 0 aliphatic rings. The molecule has 0 saturated carbocycles. The molecule has 25 heavy (non-hydrogen) atoms. The summed E-state index contributed by atoms with van der Waals surface area (Å²) in [4.78, 5) is 12.1. The molecule has 4 nitrogen and oxygen atoms in total. The Kier molecular flexibility index (Phi) is 5.89. The lowest BCUT2D eigenvalue weighted by Crippen LogP contribution is -2.33. The highest BCUT2D eigenvalue weighted by atomic mass is 79.9. The zero-order valence-electron chi connectivity index (χ0n) is 12.5. The Balaban J connectivity index is 2.01. The van der Waals surface area contributed by atoms with Gasteiger partial charge in [0.1, 0.15) is 5.75 Å². The summed E-state index contributed by atoms with van der Waals surface area (Å²) in [5.74, 6) is -0.646. The Morgan fingerprint density at radius 1 is 1.16 bits per heavy atom. The smallest absolute Gasteiger partial charge is 0.461 e. The number of ketones is 1. The zero-order chi connectivity index (χ0) is 18.6. The number of nitrogen functional groups attached to an aromatic ring is 1. The summed E-state index contributed by atoms with van der Waals surface area (Å²) in [5, 5.41) is 0. The predicted molar refractivity (Wildman–Crippen MR) is 86.4 cm³/mol. The van der Waals surface area contributed by atoms with E-state index in [2.05, 4.69) is 20.7 Å². The van der Waals surface area contributed by atoms with Crippen LogP contribution in [0, 0.1) is 0 Å². The lowest BCUT2D eigenvalue weighted by Gasteiger charge is -2.16. The molecule has 0 radical (unpaired) electrons. The molecule has 0 aliphatic carbocycles. The zero-order valence-corrected chi connectivity index (χ0v) is 14.1. The molecule has 0 heterocycles. The van der Waals surface area contributed by atoms with Gasteiger partial charge in [-0.05, 0) is 52.3 Å². The molecule has 0 spiro atoms. The van der Waals surface area contributed by atoms with Crippen molar-refractivity contribution >= 4 is 27.4 Å². The maximum absolute atomic E-state index is 12.8. The molecule has 0 bridgehead atoms. The summed E-state index contributed by atoms with van der Waals surface area (Å²) in [6.45, 7) is -0.347. The van der Waals surface area contributed by atoms with Gasteiger partial charge in [-0.3, -0.25) is 4.79 Å². The van der Waals surface area contributed by atoms with Crippen molar-refractivity contribution in [3.8, 4) is 11.5 Å². The first-order valence-corrected chi connectivity index (χ1v) is 7.65. The van der Waals surface area contributed by atoms with Crippen molar-refractivity contribution < 1.29 is 31.8 Å². The molecular formula is C16H12BrF4NO3. The molecule has 0 fully saturated rings. The van der Waals surface area contributed by atoms with E-state index in [1.165, 1.54) is 12.1 Å². The van der Waals surface area contributed by atoms with Gasteiger partial charge in [0.2, 0.25) is 0 Å². The lowest BCUT2D eigenvalue weighted by molar-refractivity contribution is -0.253. The fraction of sp³-hybridized carbons (Fsp3) is 0.188. The van der Waals surface area contributed by atoms with Crippen molar-refractivity contribution in [1.82, 2.24) is 0 Å². The molecule has 0 unspecified atom stereocenters. The minimum atomic E-state index is -4.61. The van der Waals surface area contributed by atoms with Crippen LogP contribution in [-0.4, -0.2) is 24.9 Å². The number of hydrogen-bond acceptors (Lipinski definition) is 4. The molecular weight excluding hydrogens is 410 g/mol. The predicted octanol–water partition coefficient (Wildman–Crippen LogP) is 4.53. The Bertz CT molecular complexity index is 733. The third kappa shape index (κ3) is 4.85. The third-order valence-corrected chi connectivity index (χ3v) is 3.65. The van der Waals surface area contributed by atoms with E-state index in [9.17, 15) is 22.4 Å². The van der Waals surface area contributed by atoms with E-state index in [0.717, 1.165) is 12.1 Å². The van der Waals surface area contributed by atoms with Crippen molar-refractivity contribution in [2.45, 2.75) is 12.5 Å². The van der Waals surface area contributed by atoms with Crippen molar-refractivity contribution in [3.05, 3.63) is 52.5 Å². The van der Waals surface area contributed by atoms with Gasteiger partial charge in [-0.2, -0.15) is 17.6 Å². The maximum atomic E-state index is 12.8. The lowest BCUT2D eigenvalue weighted by atomic mass is 10.1. The number of benzene rings is 2. The van der Waals surface area contributed by atoms with E-state index in [4.69, 9.17) is 10.5 Å². The topological polar surface area (TPSA) is 61.5 Å². The molecule has 2 rings (SSSR count). The second-order valence-electron chi connectivity index (χ2n) is 4.86. The Morgan fingerprint density at radius 2 is 1.80 bits per heavy atom. The van der Waals surface area contributed by atoms with Crippen LogP contribution in [0.25, 0.3) is 0 Å². The number of carbonyl (C=O) groups excluding carboxylic acids is 1. The van der Waals surface area contributed by atoms with Crippen molar-refractivity contribution in [1.29, 1.82) is 0 Å². The average Bonchev–Trinajstić information content (AvgIpc) is 2.54. The first-order valence-electron chi connectivity index (χ1n) is 6.85. The van der Waals surface area contributed by atoms with Crippen LogP contribution in [0.5, 0.6) is 11.5 Å². The van der Waals surface area contributed by atoms with Crippen LogP contribution in [0.3, 0.4) is 0 Å². The first kappa shape index (κ1) is 19.0. The number of alkyl halides is 4. The molecule has 2 aromatic carbocycles. The van der Waals surface area contributed by atoms with E-state index in [0.29, 0.717) is 15.9 Å². The fourth-order valence-corrected chi connectivity index (χ4v) is 2.31. The fourth-order valence-electron chi connectivity index (χ4n) is 1.81. The van der Waals surface area contributed by atoms with E-state index >= 15 is 0 Å². The molecule has 0 aliphatic heterocycles. The number of rotatable bonds is 7. The average molecular weight is 422 g/mol. The van der Waals surface area contributed by atoms with Gasteiger partial charge in [-0.1, -0.05) is 6.07 Å². The van der Waals surface area contributed by atoms with Crippen LogP contribution in [0.15, 0.2) is 46.9 Å². The molecule has 0 aromatic heterocycles. The highest BCUT2D eigenvalue weighted by Crippen LogP contribution is 2.31. The van der Waals surface area contributed by atoms with E-state index in [1.54, 1.807) is 18.2 Å². The van der Waals surface area contributed by atoms with Gasteiger partial charge < -0.3 is 15.2 Å². The molecule has 0 amide bonds. The van der Waals surface area contributed by atoms with E-state index < -0.39 is 24.1 Å². The van der Waals surface area contributed by atoms with Gasteiger partial charge in [0.25, 0.3) is 0 Å². The number of anilines is 1. The Hall–Kier alpha value is -2.29. The molecule has 0 atom stereocenters. The summed E-state index contributed by atoms with van der Waals surface area (Å²) < 4.78 is 59.6. The largest absolute Gasteiger partial charge is 0.482 e. The minimum absolute atomic E-state index is 0.137. The van der Waals surface area contributed by atoms with E-state index in [1.807, 2.05) is 0 Å². The quantitative estimate of drug-likeness (QED) is 0.405. The molecule has 9 heteroatoms. The Morgan fingerprint density at radius 3 is 2.36 bits per heavy atom. The molecule has 2 N–H and O–H groups in total. The number of ether oxygens (including phenoxy) is 2. The second-order valence-corrected chi connectivity index (χ2v) is 5.71. The minimum Gasteiger partial charge on any atom is -0.482 e. The molecule has 134 valence electrons. The van der Waals surface area contributed by atoms with Crippen LogP contribution in [0.1, 0.15) is 10.4 Å². The van der Waals surface area contributed by atoms with E-state index in [-0.39, 0.29) is 12.2 Å². The van der Waals surface area contributed by atoms with Gasteiger partial charge in [-0.25, -0.2) is 0 Å². The number of nitrogens with two attached hydrogens (primary N) is 1. The molecule has 2 aromatic rings. The summed E-state index contributed by atoms with van der Waals surface area (Å²) in [6, 6.07) is 9.32. The SMILES string of the molecule is Nc1cccc(Br)c1OCC(=O)c1ccc(OC(F)(F)C(F)F)cc1. The number of carbonyl (C=O) groups is 1. The first-order chi connectivity index (χ1) is 11.7. The molecule has 0 saturated heterocycles. The summed E-state index contributed by atoms with van der Waals surface area (Å²) >= 11 is 3.24. The monoisotopic (exact) mass is 421 g/mol. The summed E-state index contributed by atoms with van der Waals surface area (Å²) in [5.41, 5.74) is 6.21. The second kappa shape index (κ2) is 7.73. The highest BCUT2D eigenvalue weighted by molar-refractivity contribution is 9.10. The highest BCUT2D eigenvalue weighted by Gasteiger charge is 2.43.